The van der Waals surface area contributed by atoms with Crippen LogP contribution in [0, 0.1) is 0 Å². The number of hydrogen-bond donors (Lipinski definition) is 3. The van der Waals surface area contributed by atoms with Crippen molar-refractivity contribution in [2.45, 2.75) is 6.54 Å². The summed E-state index contributed by atoms with van der Waals surface area (Å²) in [4.78, 5) is 44.8. The van der Waals surface area contributed by atoms with E-state index in [-0.39, 0.29) is 23.6 Å². The fourth-order valence-electron chi connectivity index (χ4n) is 4.01. The second kappa shape index (κ2) is 10.1. The van der Waals surface area contributed by atoms with Crippen LogP contribution >= 0.6 is 0 Å². The highest BCUT2D eigenvalue weighted by atomic mass is 16.2. The van der Waals surface area contributed by atoms with Gasteiger partial charge in [0.05, 0.1) is 12.1 Å². The van der Waals surface area contributed by atoms with E-state index in [2.05, 4.69) is 20.6 Å². The molecule has 0 atom stereocenters. The molecule has 0 bridgehead atoms. The fraction of sp³-hybridized carbons (Fsp3) is 0.0714. The maximum absolute atomic E-state index is 12.8. The van der Waals surface area contributed by atoms with E-state index in [1.807, 2.05) is 60.8 Å². The van der Waals surface area contributed by atoms with Crippen LogP contribution in [0.3, 0.4) is 0 Å². The lowest BCUT2D eigenvalue weighted by Gasteiger charge is -2.08. The summed E-state index contributed by atoms with van der Waals surface area (Å²) < 4.78 is 1.50. The number of H-pyrrole nitrogens is 1. The van der Waals surface area contributed by atoms with Gasteiger partial charge in [-0.2, -0.15) is 0 Å². The van der Waals surface area contributed by atoms with Gasteiger partial charge in [0.2, 0.25) is 0 Å². The average molecular weight is 478 g/mol. The highest BCUT2D eigenvalue weighted by Gasteiger charge is 2.24. The number of carbonyl (C=O) groups is 2. The van der Waals surface area contributed by atoms with Gasteiger partial charge in [0, 0.05) is 48.3 Å². The van der Waals surface area contributed by atoms with E-state index in [9.17, 15) is 14.4 Å². The van der Waals surface area contributed by atoms with E-state index in [1.54, 1.807) is 30.7 Å². The summed E-state index contributed by atoms with van der Waals surface area (Å²) in [5, 5.41) is 5.65. The molecule has 1 aliphatic heterocycles. The lowest BCUT2D eigenvalue weighted by molar-refractivity contribution is -0.110. The quantitative estimate of drug-likeness (QED) is 0.354. The highest BCUT2D eigenvalue weighted by molar-refractivity contribution is 6.34. The molecule has 0 saturated carbocycles. The first kappa shape index (κ1) is 22.8. The molecule has 0 unspecified atom stereocenters. The van der Waals surface area contributed by atoms with Crippen LogP contribution < -0.4 is 16.2 Å². The van der Waals surface area contributed by atoms with E-state index >= 15 is 0 Å². The first-order valence-corrected chi connectivity index (χ1v) is 11.4. The molecule has 8 heteroatoms. The van der Waals surface area contributed by atoms with Crippen LogP contribution in [0.1, 0.15) is 32.7 Å². The van der Waals surface area contributed by atoms with Crippen molar-refractivity contribution in [2.75, 3.05) is 11.9 Å². The lowest BCUT2D eigenvalue weighted by Crippen LogP contribution is -2.33. The number of nitrogens with zero attached hydrogens (tertiary/aromatic N) is 2. The molecule has 8 nitrogen and oxygen atoms in total. The van der Waals surface area contributed by atoms with Crippen LogP contribution in [0.5, 0.6) is 0 Å². The van der Waals surface area contributed by atoms with Gasteiger partial charge in [-0.25, -0.2) is 0 Å². The highest BCUT2D eigenvalue weighted by Crippen LogP contribution is 2.33. The van der Waals surface area contributed by atoms with Gasteiger partial charge in [-0.05, 0) is 59.7 Å². The van der Waals surface area contributed by atoms with Gasteiger partial charge in [-0.15, -0.1) is 0 Å². The zero-order chi connectivity index (χ0) is 24.9. The fourth-order valence-corrected chi connectivity index (χ4v) is 4.01. The van der Waals surface area contributed by atoms with Crippen molar-refractivity contribution < 1.29 is 9.59 Å². The maximum Gasteiger partial charge on any atom is 0.263 e. The molecule has 178 valence electrons. The summed E-state index contributed by atoms with van der Waals surface area (Å²) in [5.74, 6) is -0.584. The van der Waals surface area contributed by atoms with Gasteiger partial charge >= 0.3 is 0 Å². The zero-order valence-corrected chi connectivity index (χ0v) is 19.3. The van der Waals surface area contributed by atoms with E-state index < -0.39 is 5.91 Å². The number of anilines is 1. The predicted octanol–water partition coefficient (Wildman–Crippen LogP) is 3.56. The Balaban J connectivity index is 1.22. The van der Waals surface area contributed by atoms with Crippen LogP contribution in [-0.2, 0) is 11.3 Å². The summed E-state index contributed by atoms with van der Waals surface area (Å²) in [6, 6.07) is 16.3. The molecule has 3 N–H and O–H groups in total. The molecule has 4 aromatic rings. The number of fused-ring (bicyclic) bond motifs is 1. The third kappa shape index (κ3) is 4.92. The number of amides is 2. The minimum atomic E-state index is -0.436. The van der Waals surface area contributed by atoms with Crippen LogP contribution in [0.4, 0.5) is 5.69 Å². The Morgan fingerprint density at radius 2 is 1.92 bits per heavy atom. The normalized spacial score (nSPS) is 13.7. The summed E-state index contributed by atoms with van der Waals surface area (Å²) in [5.41, 5.74) is 4.57. The Hall–Kier alpha value is -4.98. The third-order valence-corrected chi connectivity index (χ3v) is 5.81. The molecule has 0 saturated heterocycles. The number of carbonyl (C=O) groups excluding carboxylic acids is 2. The first-order valence-electron chi connectivity index (χ1n) is 11.4. The van der Waals surface area contributed by atoms with Crippen molar-refractivity contribution in [2.24, 2.45) is 0 Å². The topological polar surface area (TPSA) is 109 Å². The smallest absolute Gasteiger partial charge is 0.263 e. The second-order valence-corrected chi connectivity index (χ2v) is 8.27. The van der Waals surface area contributed by atoms with Gasteiger partial charge in [0.15, 0.2) is 0 Å². The SMILES string of the molecule is O=C1Nc2cc(/C=C/CNC(=O)c3cccn(Cc4ccncc4)c3=O)ccc2/C1=C\c1ccc[nH]1. The van der Waals surface area contributed by atoms with Gasteiger partial charge in [-0.3, -0.25) is 19.4 Å². The monoisotopic (exact) mass is 477 g/mol. The van der Waals surface area contributed by atoms with Crippen molar-refractivity contribution >= 4 is 35.2 Å². The summed E-state index contributed by atoms with van der Waals surface area (Å²) >= 11 is 0. The van der Waals surface area contributed by atoms with Gasteiger partial charge in [0.25, 0.3) is 17.4 Å². The first-order chi connectivity index (χ1) is 17.6. The van der Waals surface area contributed by atoms with Gasteiger partial charge in [0.1, 0.15) is 5.56 Å². The van der Waals surface area contributed by atoms with Crippen molar-refractivity contribution in [3.05, 3.63) is 124 Å². The number of rotatable bonds is 7. The van der Waals surface area contributed by atoms with Crippen molar-refractivity contribution in [1.82, 2.24) is 19.9 Å². The zero-order valence-electron chi connectivity index (χ0n) is 19.3. The maximum atomic E-state index is 12.8. The van der Waals surface area contributed by atoms with Crippen LogP contribution in [-0.4, -0.2) is 32.9 Å². The Kier molecular flexibility index (Phi) is 6.40. The van der Waals surface area contributed by atoms with E-state index in [1.165, 1.54) is 10.6 Å². The third-order valence-electron chi connectivity index (χ3n) is 5.81. The largest absolute Gasteiger partial charge is 0.362 e. The van der Waals surface area contributed by atoms with E-state index in [0.29, 0.717) is 12.1 Å². The number of pyridine rings is 2. The van der Waals surface area contributed by atoms with Gasteiger partial charge < -0.3 is 20.2 Å². The Morgan fingerprint density at radius 3 is 2.72 bits per heavy atom. The molecule has 4 heterocycles. The minimum Gasteiger partial charge on any atom is -0.362 e. The van der Waals surface area contributed by atoms with Crippen LogP contribution in [0.25, 0.3) is 17.7 Å². The number of aromatic amines is 1. The Morgan fingerprint density at radius 1 is 1.06 bits per heavy atom. The molecule has 5 rings (SSSR count). The molecule has 1 aromatic carbocycles. The number of benzene rings is 1. The number of hydrogen-bond acceptors (Lipinski definition) is 4. The molecule has 1 aliphatic rings. The number of aromatic nitrogens is 3. The standard InChI is InChI=1S/C28H23N5O3/c34-26(23-6-3-15-33(28(23)36)18-20-9-13-29-14-10-20)31-12-1-4-19-7-8-22-24(17-21-5-2-11-30-21)27(35)32-25(22)16-19/h1-11,13-17,30H,12,18H2,(H,31,34)(H,32,35)/b4-1+,24-17+. The molecule has 0 fully saturated rings. The van der Waals surface area contributed by atoms with Gasteiger partial charge in [-0.1, -0.05) is 24.3 Å². The van der Waals surface area contributed by atoms with E-state index in [0.717, 1.165) is 28.1 Å². The molecule has 36 heavy (non-hydrogen) atoms. The van der Waals surface area contributed by atoms with Crippen LogP contribution in [0.2, 0.25) is 0 Å². The Bertz CT molecular complexity index is 1530. The van der Waals surface area contributed by atoms with Crippen molar-refractivity contribution in [3.8, 4) is 0 Å². The molecule has 0 aliphatic carbocycles. The molecule has 0 spiro atoms. The molecule has 3 aromatic heterocycles. The summed E-state index contributed by atoms with van der Waals surface area (Å²) in [7, 11) is 0. The van der Waals surface area contributed by atoms with Crippen molar-refractivity contribution in [1.29, 1.82) is 0 Å². The predicted molar refractivity (Wildman–Crippen MR) is 139 cm³/mol. The average Bonchev–Trinajstić information content (AvgIpc) is 3.51. The van der Waals surface area contributed by atoms with Crippen molar-refractivity contribution in [3.63, 3.8) is 0 Å². The molecule has 0 radical (unpaired) electrons. The molecular weight excluding hydrogens is 454 g/mol. The van der Waals surface area contributed by atoms with E-state index in [4.69, 9.17) is 0 Å². The second-order valence-electron chi connectivity index (χ2n) is 8.27. The summed E-state index contributed by atoms with van der Waals surface area (Å²) in [6.07, 6.45) is 12.3. The molecular formula is C28H23N5O3. The number of nitrogens with one attached hydrogen (secondary N) is 3. The summed E-state index contributed by atoms with van der Waals surface area (Å²) in [6.45, 7) is 0.609. The Labute approximate surface area is 207 Å². The minimum absolute atomic E-state index is 0.0848. The lowest BCUT2D eigenvalue weighted by atomic mass is 10.0. The van der Waals surface area contributed by atoms with Crippen LogP contribution in [0.15, 0.2) is 90.3 Å². The molecule has 2 amide bonds.